The average Bonchev–Trinajstić information content (AvgIpc) is 3.02. The standard InChI is InChI=1S/C19H13FN2O5/c20-12-4-2-5-13(8-12)21-16-10-27-19(24)18(16)15(9-17(21)23)11-3-1-6-14(7-11)22(25)26/h1-8,15H,9-10H2/t15-/m1/s1. The zero-order valence-corrected chi connectivity index (χ0v) is 13.9. The van der Waals surface area contributed by atoms with Crippen LogP contribution < -0.4 is 4.90 Å². The number of anilines is 1. The Morgan fingerprint density at radius 2 is 1.93 bits per heavy atom. The average molecular weight is 368 g/mol. The number of carbonyl (C=O) groups excluding carboxylic acids is 2. The Balaban J connectivity index is 1.83. The summed E-state index contributed by atoms with van der Waals surface area (Å²) >= 11 is 0. The lowest BCUT2D eigenvalue weighted by molar-refractivity contribution is -0.384. The Bertz CT molecular complexity index is 1020. The van der Waals surface area contributed by atoms with Gasteiger partial charge < -0.3 is 4.74 Å². The number of carbonyl (C=O) groups is 2. The molecule has 0 aliphatic carbocycles. The SMILES string of the molecule is O=C1OCC2=C1[C@@H](c1cccc([N+](=O)[O-])c1)CC(=O)N2c1cccc(F)c1. The van der Waals surface area contributed by atoms with Crippen molar-refractivity contribution in [2.24, 2.45) is 0 Å². The Morgan fingerprint density at radius 1 is 1.15 bits per heavy atom. The first-order chi connectivity index (χ1) is 13.0. The number of halogens is 1. The van der Waals surface area contributed by atoms with Crippen molar-refractivity contribution in [3.63, 3.8) is 0 Å². The fourth-order valence-electron chi connectivity index (χ4n) is 3.51. The Hall–Kier alpha value is -3.55. The number of hydrogen-bond acceptors (Lipinski definition) is 5. The number of hydrogen-bond donors (Lipinski definition) is 0. The lowest BCUT2D eigenvalue weighted by Gasteiger charge is -2.31. The molecule has 1 amide bonds. The van der Waals surface area contributed by atoms with Crippen molar-refractivity contribution in [3.05, 3.63) is 81.3 Å². The van der Waals surface area contributed by atoms with Crippen molar-refractivity contribution in [3.8, 4) is 0 Å². The molecule has 0 fully saturated rings. The second-order valence-corrected chi connectivity index (χ2v) is 6.25. The van der Waals surface area contributed by atoms with Crippen LogP contribution in [0.3, 0.4) is 0 Å². The van der Waals surface area contributed by atoms with Crippen molar-refractivity contribution in [1.29, 1.82) is 0 Å². The van der Waals surface area contributed by atoms with Crippen LogP contribution in [0.5, 0.6) is 0 Å². The van der Waals surface area contributed by atoms with Gasteiger partial charge in [-0.25, -0.2) is 9.18 Å². The van der Waals surface area contributed by atoms with Gasteiger partial charge in [0.2, 0.25) is 5.91 Å². The Labute approximate surface area is 152 Å². The number of nitro groups is 1. The van der Waals surface area contributed by atoms with Gasteiger partial charge in [0.25, 0.3) is 5.69 Å². The fourth-order valence-corrected chi connectivity index (χ4v) is 3.51. The molecule has 2 aliphatic rings. The van der Waals surface area contributed by atoms with Crippen molar-refractivity contribution in [2.75, 3.05) is 11.5 Å². The van der Waals surface area contributed by atoms with Crippen LogP contribution in [0.2, 0.25) is 0 Å². The fraction of sp³-hybridized carbons (Fsp3) is 0.158. The first-order valence-corrected chi connectivity index (χ1v) is 8.19. The van der Waals surface area contributed by atoms with E-state index < -0.39 is 22.6 Å². The molecule has 0 radical (unpaired) electrons. The van der Waals surface area contributed by atoms with Crippen LogP contribution in [0.1, 0.15) is 17.9 Å². The highest BCUT2D eigenvalue weighted by Gasteiger charge is 2.43. The Morgan fingerprint density at radius 3 is 2.67 bits per heavy atom. The van der Waals surface area contributed by atoms with Gasteiger partial charge in [-0.05, 0) is 23.8 Å². The van der Waals surface area contributed by atoms with Gasteiger partial charge in [-0.3, -0.25) is 19.8 Å². The minimum absolute atomic E-state index is 0.0778. The van der Waals surface area contributed by atoms with Gasteiger partial charge >= 0.3 is 5.97 Å². The molecule has 27 heavy (non-hydrogen) atoms. The summed E-state index contributed by atoms with van der Waals surface area (Å²) in [6.07, 6.45) is -0.0778. The van der Waals surface area contributed by atoms with Crippen molar-refractivity contribution >= 4 is 23.3 Å². The number of non-ortho nitro benzene ring substituents is 1. The lowest BCUT2D eigenvalue weighted by atomic mass is 9.84. The molecule has 2 aromatic carbocycles. The van der Waals surface area contributed by atoms with E-state index in [4.69, 9.17) is 4.74 Å². The zero-order valence-electron chi connectivity index (χ0n) is 13.9. The molecule has 0 N–H and O–H groups in total. The van der Waals surface area contributed by atoms with E-state index in [1.807, 2.05) is 0 Å². The van der Waals surface area contributed by atoms with Gasteiger partial charge in [0.1, 0.15) is 12.4 Å². The number of esters is 1. The Kier molecular flexibility index (Phi) is 3.95. The third-order valence-corrected chi connectivity index (χ3v) is 4.67. The van der Waals surface area contributed by atoms with Crippen LogP contribution in [0.4, 0.5) is 15.8 Å². The predicted molar refractivity (Wildman–Crippen MR) is 92.3 cm³/mol. The zero-order chi connectivity index (χ0) is 19.1. The lowest BCUT2D eigenvalue weighted by Crippen LogP contribution is -2.37. The summed E-state index contributed by atoms with van der Waals surface area (Å²) < 4.78 is 18.7. The van der Waals surface area contributed by atoms with Crippen LogP contribution in [-0.4, -0.2) is 23.4 Å². The molecule has 7 nitrogen and oxygen atoms in total. The smallest absolute Gasteiger partial charge is 0.336 e. The maximum absolute atomic E-state index is 13.6. The largest absolute Gasteiger partial charge is 0.456 e. The van der Waals surface area contributed by atoms with Crippen LogP contribution in [0, 0.1) is 15.9 Å². The summed E-state index contributed by atoms with van der Waals surface area (Å²) in [6.45, 7) is -0.109. The molecule has 0 bridgehead atoms. The van der Waals surface area contributed by atoms with Crippen LogP contribution in [0.15, 0.2) is 59.8 Å². The van der Waals surface area contributed by atoms with E-state index in [2.05, 4.69) is 0 Å². The number of nitro benzene ring substituents is 1. The molecule has 136 valence electrons. The van der Waals surface area contributed by atoms with E-state index in [1.54, 1.807) is 12.1 Å². The molecule has 0 saturated carbocycles. The quantitative estimate of drug-likeness (QED) is 0.472. The number of nitrogens with zero attached hydrogens (tertiary/aromatic N) is 2. The molecule has 8 heteroatoms. The molecule has 0 unspecified atom stereocenters. The first kappa shape index (κ1) is 16.9. The molecular formula is C19H13FN2O5. The number of benzene rings is 2. The van der Waals surface area contributed by atoms with Gasteiger partial charge in [0, 0.05) is 24.5 Å². The summed E-state index contributed by atoms with van der Waals surface area (Å²) in [6, 6.07) is 11.4. The summed E-state index contributed by atoms with van der Waals surface area (Å²) in [5.41, 5.74) is 1.30. The first-order valence-electron chi connectivity index (χ1n) is 8.19. The van der Waals surface area contributed by atoms with E-state index >= 15 is 0 Å². The highest BCUT2D eigenvalue weighted by atomic mass is 19.1. The number of rotatable bonds is 3. The van der Waals surface area contributed by atoms with Crippen molar-refractivity contribution in [1.82, 2.24) is 0 Å². The maximum atomic E-state index is 13.6. The van der Waals surface area contributed by atoms with E-state index in [9.17, 15) is 24.1 Å². The molecule has 2 aliphatic heterocycles. The monoisotopic (exact) mass is 368 g/mol. The topological polar surface area (TPSA) is 89.7 Å². The molecular weight excluding hydrogens is 355 g/mol. The van der Waals surface area contributed by atoms with Crippen LogP contribution in [0.25, 0.3) is 0 Å². The minimum atomic E-state index is -0.646. The highest BCUT2D eigenvalue weighted by molar-refractivity contribution is 6.06. The van der Waals surface area contributed by atoms with Gasteiger partial charge in [-0.15, -0.1) is 0 Å². The summed E-state index contributed by atoms with van der Waals surface area (Å²) in [5.74, 6) is -2.06. The molecule has 1 atom stereocenters. The van der Waals surface area contributed by atoms with E-state index in [0.29, 0.717) is 16.9 Å². The third-order valence-electron chi connectivity index (χ3n) is 4.67. The number of ether oxygens (including phenoxy) is 1. The normalized spacial score (nSPS) is 19.1. The minimum Gasteiger partial charge on any atom is -0.456 e. The van der Waals surface area contributed by atoms with Gasteiger partial charge in [-0.2, -0.15) is 0 Å². The van der Waals surface area contributed by atoms with Gasteiger partial charge in [0.15, 0.2) is 0 Å². The van der Waals surface area contributed by atoms with Gasteiger partial charge in [-0.1, -0.05) is 18.2 Å². The second-order valence-electron chi connectivity index (χ2n) is 6.25. The third kappa shape index (κ3) is 2.84. The summed E-state index contributed by atoms with van der Waals surface area (Å²) in [4.78, 5) is 37.0. The molecule has 2 aromatic rings. The van der Waals surface area contributed by atoms with Crippen molar-refractivity contribution in [2.45, 2.75) is 12.3 Å². The van der Waals surface area contributed by atoms with Crippen molar-refractivity contribution < 1.29 is 23.6 Å². The summed E-state index contributed by atoms with van der Waals surface area (Å²) in [7, 11) is 0. The number of cyclic esters (lactones) is 1. The molecule has 0 aromatic heterocycles. The number of amides is 1. The maximum Gasteiger partial charge on any atom is 0.336 e. The van der Waals surface area contributed by atoms with Crippen LogP contribution in [-0.2, 0) is 14.3 Å². The molecule has 0 saturated heterocycles. The van der Waals surface area contributed by atoms with E-state index in [1.165, 1.54) is 41.3 Å². The highest BCUT2D eigenvalue weighted by Crippen LogP contribution is 2.42. The van der Waals surface area contributed by atoms with E-state index in [0.717, 1.165) is 0 Å². The second kappa shape index (κ2) is 6.31. The summed E-state index contributed by atoms with van der Waals surface area (Å²) in [5, 5.41) is 11.1. The molecule has 4 rings (SSSR count). The molecule has 0 spiro atoms. The van der Waals surface area contributed by atoms with Gasteiger partial charge in [0.05, 0.1) is 21.9 Å². The van der Waals surface area contributed by atoms with E-state index in [-0.39, 0.29) is 30.2 Å². The van der Waals surface area contributed by atoms with Crippen LogP contribution >= 0.6 is 0 Å². The predicted octanol–water partition coefficient (Wildman–Crippen LogP) is 3.07. The molecule has 2 heterocycles.